The predicted octanol–water partition coefficient (Wildman–Crippen LogP) is 3.36. The minimum atomic E-state index is -0.402. The lowest BCUT2D eigenvalue weighted by Gasteiger charge is -2.39. The Morgan fingerprint density at radius 1 is 1.11 bits per heavy atom. The van der Waals surface area contributed by atoms with E-state index in [1.54, 1.807) is 0 Å². The fraction of sp³-hybridized carbons (Fsp3) is 0.938. The third-order valence-corrected chi connectivity index (χ3v) is 4.26. The molecule has 3 heteroatoms. The van der Waals surface area contributed by atoms with Gasteiger partial charge in [-0.25, -0.2) is 0 Å². The van der Waals surface area contributed by atoms with Gasteiger partial charge in [-0.15, -0.1) is 0 Å². The lowest BCUT2D eigenvalue weighted by Crippen LogP contribution is -2.50. The summed E-state index contributed by atoms with van der Waals surface area (Å²) in [5.41, 5.74) is -0.631. The van der Waals surface area contributed by atoms with E-state index in [0.29, 0.717) is 12.3 Å². The van der Waals surface area contributed by atoms with Crippen molar-refractivity contribution in [2.75, 3.05) is 6.61 Å². The third-order valence-electron chi connectivity index (χ3n) is 4.26. The van der Waals surface area contributed by atoms with Gasteiger partial charge in [-0.1, -0.05) is 41.5 Å². The third kappa shape index (κ3) is 5.94. The highest BCUT2D eigenvalue weighted by Gasteiger charge is 2.37. The lowest BCUT2D eigenvalue weighted by atomic mass is 9.69. The van der Waals surface area contributed by atoms with E-state index in [4.69, 9.17) is 5.11 Å². The van der Waals surface area contributed by atoms with E-state index < -0.39 is 5.41 Å². The quantitative estimate of drug-likeness (QED) is 0.746. The van der Waals surface area contributed by atoms with E-state index in [-0.39, 0.29) is 23.5 Å². The Bertz CT molecular complexity index is 304. The van der Waals surface area contributed by atoms with Crippen molar-refractivity contribution in [1.29, 1.82) is 0 Å². The van der Waals surface area contributed by atoms with Crippen molar-refractivity contribution >= 4 is 5.91 Å². The van der Waals surface area contributed by atoms with Gasteiger partial charge in [-0.3, -0.25) is 4.79 Å². The molecule has 0 aromatic heterocycles. The van der Waals surface area contributed by atoms with Crippen molar-refractivity contribution in [2.45, 2.75) is 73.8 Å². The summed E-state index contributed by atoms with van der Waals surface area (Å²) in [4.78, 5) is 12.5. The second kappa shape index (κ2) is 6.25. The SMILES string of the molecule is CC(C)C(C)(C)CC(C)(C)C(=O)NC(C)(C)CCO. The molecule has 0 saturated carbocycles. The maximum Gasteiger partial charge on any atom is 0.226 e. The van der Waals surface area contributed by atoms with Crippen LogP contribution >= 0.6 is 0 Å². The number of nitrogens with one attached hydrogen (secondary N) is 1. The Balaban J connectivity index is 4.78. The largest absolute Gasteiger partial charge is 0.396 e. The molecule has 0 heterocycles. The van der Waals surface area contributed by atoms with Gasteiger partial charge in [-0.05, 0) is 38.0 Å². The summed E-state index contributed by atoms with van der Waals surface area (Å²) in [5.74, 6) is 0.602. The van der Waals surface area contributed by atoms with E-state index in [9.17, 15) is 4.79 Å². The van der Waals surface area contributed by atoms with Gasteiger partial charge >= 0.3 is 0 Å². The van der Waals surface area contributed by atoms with Crippen LogP contribution in [-0.2, 0) is 4.79 Å². The maximum atomic E-state index is 12.5. The van der Waals surface area contributed by atoms with Gasteiger partial charge < -0.3 is 10.4 Å². The van der Waals surface area contributed by atoms with Crippen LogP contribution in [0.3, 0.4) is 0 Å². The van der Waals surface area contributed by atoms with Gasteiger partial charge in [0.05, 0.1) is 0 Å². The van der Waals surface area contributed by atoms with Crippen LogP contribution in [0.4, 0.5) is 0 Å². The van der Waals surface area contributed by atoms with Crippen molar-refractivity contribution in [3.63, 3.8) is 0 Å². The molecule has 0 rings (SSSR count). The number of hydrogen-bond acceptors (Lipinski definition) is 2. The molecule has 0 fully saturated rings. The fourth-order valence-corrected chi connectivity index (χ4v) is 2.24. The van der Waals surface area contributed by atoms with E-state index in [1.165, 1.54) is 0 Å². The first-order valence-corrected chi connectivity index (χ1v) is 7.27. The van der Waals surface area contributed by atoms with Gasteiger partial charge in [-0.2, -0.15) is 0 Å². The topological polar surface area (TPSA) is 49.3 Å². The van der Waals surface area contributed by atoms with Crippen LogP contribution in [-0.4, -0.2) is 23.2 Å². The van der Waals surface area contributed by atoms with Crippen LogP contribution < -0.4 is 5.32 Å². The van der Waals surface area contributed by atoms with Gasteiger partial charge in [0.15, 0.2) is 0 Å². The number of hydrogen-bond donors (Lipinski definition) is 2. The second-order valence-electron chi connectivity index (χ2n) is 8.02. The van der Waals surface area contributed by atoms with E-state index in [2.05, 4.69) is 33.0 Å². The molecule has 0 radical (unpaired) electrons. The van der Waals surface area contributed by atoms with Gasteiger partial charge in [0.25, 0.3) is 0 Å². The lowest BCUT2D eigenvalue weighted by molar-refractivity contribution is -0.133. The standard InChI is InChI=1S/C16H33NO2/c1-12(2)14(3,4)11-15(5,6)13(19)17-16(7,8)9-10-18/h12,18H,9-11H2,1-8H3,(H,17,19). The second-order valence-corrected chi connectivity index (χ2v) is 8.02. The van der Waals surface area contributed by atoms with Crippen LogP contribution in [0.1, 0.15) is 68.2 Å². The number of aliphatic hydroxyl groups is 1. The number of aliphatic hydroxyl groups excluding tert-OH is 1. The molecule has 1 amide bonds. The first-order valence-electron chi connectivity index (χ1n) is 7.27. The summed E-state index contributed by atoms with van der Waals surface area (Å²) in [5, 5.41) is 12.1. The summed E-state index contributed by atoms with van der Waals surface area (Å²) in [6.07, 6.45) is 1.42. The normalized spacial score (nSPS) is 13.8. The Kier molecular flexibility index (Phi) is 6.07. The van der Waals surface area contributed by atoms with Crippen LogP contribution in [0.2, 0.25) is 0 Å². The molecule has 0 atom stereocenters. The van der Waals surface area contributed by atoms with Crippen LogP contribution in [0.5, 0.6) is 0 Å². The Morgan fingerprint density at radius 2 is 1.58 bits per heavy atom. The van der Waals surface area contributed by atoms with Crippen LogP contribution in [0.15, 0.2) is 0 Å². The zero-order valence-corrected chi connectivity index (χ0v) is 14.1. The molecule has 0 aliphatic heterocycles. The molecule has 19 heavy (non-hydrogen) atoms. The Morgan fingerprint density at radius 3 is 1.95 bits per heavy atom. The molecule has 0 unspecified atom stereocenters. The van der Waals surface area contributed by atoms with Crippen LogP contribution in [0.25, 0.3) is 0 Å². The first kappa shape index (κ1) is 18.4. The number of rotatable bonds is 7. The smallest absolute Gasteiger partial charge is 0.226 e. The summed E-state index contributed by atoms with van der Waals surface area (Å²) < 4.78 is 0. The molecule has 0 saturated heterocycles. The summed E-state index contributed by atoms with van der Waals surface area (Å²) >= 11 is 0. The number of carbonyl (C=O) groups excluding carboxylic acids is 1. The minimum Gasteiger partial charge on any atom is -0.396 e. The molecule has 0 spiro atoms. The van der Waals surface area contributed by atoms with E-state index in [0.717, 1.165) is 6.42 Å². The van der Waals surface area contributed by atoms with Crippen molar-refractivity contribution in [3.05, 3.63) is 0 Å². The fourth-order valence-electron chi connectivity index (χ4n) is 2.24. The van der Waals surface area contributed by atoms with Gasteiger partial charge in [0.1, 0.15) is 0 Å². The molecule has 0 bridgehead atoms. The number of amides is 1. The van der Waals surface area contributed by atoms with Crippen molar-refractivity contribution in [3.8, 4) is 0 Å². The van der Waals surface area contributed by atoms with Crippen molar-refractivity contribution in [1.82, 2.24) is 5.32 Å². The van der Waals surface area contributed by atoms with E-state index in [1.807, 2.05) is 27.7 Å². The van der Waals surface area contributed by atoms with Crippen molar-refractivity contribution < 1.29 is 9.90 Å². The van der Waals surface area contributed by atoms with Gasteiger partial charge in [0, 0.05) is 17.6 Å². The first-order chi connectivity index (χ1) is 8.34. The predicted molar refractivity (Wildman–Crippen MR) is 80.9 cm³/mol. The van der Waals surface area contributed by atoms with Crippen LogP contribution in [0, 0.1) is 16.7 Å². The molecule has 3 nitrogen and oxygen atoms in total. The van der Waals surface area contributed by atoms with Gasteiger partial charge in [0.2, 0.25) is 5.91 Å². The molecular formula is C16H33NO2. The monoisotopic (exact) mass is 271 g/mol. The molecule has 0 aromatic rings. The Labute approximate surface area is 119 Å². The highest BCUT2D eigenvalue weighted by molar-refractivity contribution is 5.82. The zero-order valence-electron chi connectivity index (χ0n) is 14.1. The highest BCUT2D eigenvalue weighted by atomic mass is 16.3. The minimum absolute atomic E-state index is 0.0691. The molecule has 0 aliphatic rings. The highest BCUT2D eigenvalue weighted by Crippen LogP contribution is 2.39. The molecule has 114 valence electrons. The Hall–Kier alpha value is -0.570. The molecule has 2 N–H and O–H groups in total. The zero-order chi connectivity index (χ0) is 15.5. The average molecular weight is 271 g/mol. The maximum absolute atomic E-state index is 12.5. The molecule has 0 aromatic carbocycles. The molecule has 0 aliphatic carbocycles. The van der Waals surface area contributed by atoms with E-state index >= 15 is 0 Å². The number of carbonyl (C=O) groups is 1. The van der Waals surface area contributed by atoms with Crippen molar-refractivity contribution in [2.24, 2.45) is 16.7 Å². The average Bonchev–Trinajstić information content (AvgIpc) is 2.14. The summed E-state index contributed by atoms with van der Waals surface area (Å²) in [6.45, 7) is 16.8. The summed E-state index contributed by atoms with van der Waals surface area (Å²) in [7, 11) is 0. The summed E-state index contributed by atoms with van der Waals surface area (Å²) in [6, 6.07) is 0. The molecular weight excluding hydrogens is 238 g/mol.